The molecule has 6 rings (SSSR count). The summed E-state index contributed by atoms with van der Waals surface area (Å²) >= 11 is 7.86. The minimum absolute atomic E-state index is 0.0361. The highest BCUT2D eigenvalue weighted by Crippen LogP contribution is 2.51. The number of aromatic nitrogens is 1. The molecule has 2 fully saturated rings. The predicted octanol–water partition coefficient (Wildman–Crippen LogP) is 4.58. The first-order valence-electron chi connectivity index (χ1n) is 11.8. The van der Waals surface area contributed by atoms with E-state index in [2.05, 4.69) is 15.6 Å². The quantitative estimate of drug-likeness (QED) is 0.446. The molecule has 0 radical (unpaired) electrons. The highest BCUT2D eigenvalue weighted by Gasteiger charge is 2.52. The van der Waals surface area contributed by atoms with E-state index in [9.17, 15) is 9.59 Å². The van der Waals surface area contributed by atoms with E-state index in [1.807, 2.05) is 42.5 Å². The van der Waals surface area contributed by atoms with E-state index in [1.165, 1.54) is 11.3 Å². The molecule has 2 atom stereocenters. The number of benzene rings is 2. The van der Waals surface area contributed by atoms with Crippen molar-refractivity contribution in [2.45, 2.75) is 43.2 Å². The average molecular weight is 526 g/mol. The second-order valence-corrected chi connectivity index (χ2v) is 10.7. The number of nitrogens with zero attached hydrogens (tertiary/aromatic N) is 1. The van der Waals surface area contributed by atoms with Crippen molar-refractivity contribution < 1.29 is 23.8 Å². The first-order valence-corrected chi connectivity index (χ1v) is 13.0. The molecule has 2 aliphatic heterocycles. The van der Waals surface area contributed by atoms with Gasteiger partial charge in [0, 0.05) is 23.2 Å². The molecule has 0 unspecified atom stereocenters. The van der Waals surface area contributed by atoms with Crippen molar-refractivity contribution in [3.8, 4) is 11.5 Å². The fraction of sp³-hybridized carbons (Fsp3) is 0.346. The van der Waals surface area contributed by atoms with Gasteiger partial charge < -0.3 is 24.8 Å². The van der Waals surface area contributed by atoms with Gasteiger partial charge in [-0.25, -0.2) is 4.98 Å². The maximum atomic E-state index is 13.3. The summed E-state index contributed by atoms with van der Waals surface area (Å²) in [4.78, 5) is 30.2. The average Bonchev–Trinajstić information content (AvgIpc) is 3.17. The standard InChI is InChI=1S/C26H24ClN3O5S/c27-18-4-2-1-3-17(18)23(33-13-16-6-8-22(31)29-16)21-12-28-25(36-21)30-24(32)26(9-10-26)15-5-7-19-20(11-15)35-14-34-19/h1-5,7,11-12,16,23H,6,8-10,13-14H2,(H,29,31)(H,28,30,32)/t16-,23-/m0/s1. The normalized spacial score (nSPS) is 20.1. The Hall–Kier alpha value is -3.14. The minimum atomic E-state index is -0.591. The topological polar surface area (TPSA) is 98.8 Å². The number of carbonyl (C=O) groups is 2. The largest absolute Gasteiger partial charge is 0.454 e. The Morgan fingerprint density at radius 3 is 2.86 bits per heavy atom. The molecule has 2 amide bonds. The van der Waals surface area contributed by atoms with Gasteiger partial charge >= 0.3 is 0 Å². The fourth-order valence-corrected chi connectivity index (χ4v) is 5.79. The first-order chi connectivity index (χ1) is 17.5. The van der Waals surface area contributed by atoms with Crippen LogP contribution in [0.15, 0.2) is 48.7 Å². The Kier molecular flexibility index (Phi) is 6.07. The Morgan fingerprint density at radius 2 is 2.08 bits per heavy atom. The van der Waals surface area contributed by atoms with Gasteiger partial charge in [-0.15, -0.1) is 0 Å². The summed E-state index contributed by atoms with van der Waals surface area (Å²) in [7, 11) is 0. The Bertz CT molecular complexity index is 1320. The van der Waals surface area contributed by atoms with Crippen molar-refractivity contribution in [2.75, 3.05) is 18.7 Å². The van der Waals surface area contributed by atoms with Crippen LogP contribution in [0.1, 0.15) is 47.8 Å². The lowest BCUT2D eigenvalue weighted by Crippen LogP contribution is -2.30. The van der Waals surface area contributed by atoms with E-state index in [0.717, 1.165) is 35.3 Å². The van der Waals surface area contributed by atoms with Crippen molar-refractivity contribution in [1.29, 1.82) is 0 Å². The summed E-state index contributed by atoms with van der Waals surface area (Å²) < 4.78 is 17.2. The maximum absolute atomic E-state index is 13.3. The molecule has 3 aromatic rings. The van der Waals surface area contributed by atoms with Crippen molar-refractivity contribution in [1.82, 2.24) is 10.3 Å². The number of hydrogen-bond acceptors (Lipinski definition) is 7. The number of fused-ring (bicyclic) bond motifs is 1. The number of hydrogen-bond donors (Lipinski definition) is 2. The smallest absolute Gasteiger partial charge is 0.236 e. The van der Waals surface area contributed by atoms with Crippen LogP contribution in [0.2, 0.25) is 5.02 Å². The molecule has 186 valence electrons. The van der Waals surface area contributed by atoms with E-state index in [0.29, 0.717) is 34.7 Å². The molecule has 1 saturated heterocycles. The summed E-state index contributed by atoms with van der Waals surface area (Å²) in [6, 6.07) is 13.1. The van der Waals surface area contributed by atoms with E-state index >= 15 is 0 Å². The summed E-state index contributed by atoms with van der Waals surface area (Å²) in [6.07, 6.45) is 4.00. The minimum Gasteiger partial charge on any atom is -0.454 e. The van der Waals surface area contributed by atoms with Crippen LogP contribution in [0, 0.1) is 0 Å². The molecule has 3 heterocycles. The van der Waals surface area contributed by atoms with Crippen molar-refractivity contribution >= 4 is 39.9 Å². The molecule has 3 aliphatic rings. The van der Waals surface area contributed by atoms with Crippen molar-refractivity contribution in [3.63, 3.8) is 0 Å². The number of amides is 2. The molecular weight excluding hydrogens is 502 g/mol. The third kappa shape index (κ3) is 4.42. The highest BCUT2D eigenvalue weighted by atomic mass is 35.5. The number of nitrogens with one attached hydrogen (secondary N) is 2. The second kappa shape index (κ2) is 9.38. The molecule has 1 saturated carbocycles. The summed E-state index contributed by atoms with van der Waals surface area (Å²) in [5.41, 5.74) is 1.13. The zero-order chi connectivity index (χ0) is 24.7. The molecule has 2 N–H and O–H groups in total. The number of halogens is 1. The van der Waals surface area contributed by atoms with Gasteiger partial charge in [-0.2, -0.15) is 0 Å². The molecular formula is C26H24ClN3O5S. The van der Waals surface area contributed by atoms with Gasteiger partial charge in [0.2, 0.25) is 18.6 Å². The van der Waals surface area contributed by atoms with Crippen molar-refractivity contribution in [3.05, 3.63) is 69.7 Å². The highest BCUT2D eigenvalue weighted by molar-refractivity contribution is 7.15. The second-order valence-electron chi connectivity index (χ2n) is 9.21. The lowest BCUT2D eigenvalue weighted by Gasteiger charge is -2.20. The zero-order valence-corrected chi connectivity index (χ0v) is 20.9. The van der Waals surface area contributed by atoms with Crippen molar-refractivity contribution in [2.24, 2.45) is 0 Å². The Balaban J connectivity index is 1.20. The predicted molar refractivity (Wildman–Crippen MR) is 135 cm³/mol. The van der Waals surface area contributed by atoms with Gasteiger partial charge in [0.1, 0.15) is 6.10 Å². The fourth-order valence-electron chi connectivity index (χ4n) is 4.68. The van der Waals surface area contributed by atoms with Crippen LogP contribution in [-0.2, 0) is 19.7 Å². The van der Waals surface area contributed by atoms with Gasteiger partial charge in [0.15, 0.2) is 16.6 Å². The SMILES string of the molecule is O=C1CC[C@@H](CO[C@H](c2cnc(NC(=O)C3(c4ccc5c(c4)OCO5)CC3)s2)c2ccccc2Cl)N1. The number of thiazole rings is 1. The summed E-state index contributed by atoms with van der Waals surface area (Å²) in [5, 5.41) is 7.01. The van der Waals surface area contributed by atoms with Gasteiger partial charge in [-0.3, -0.25) is 9.59 Å². The van der Waals surface area contributed by atoms with Gasteiger partial charge in [0.25, 0.3) is 0 Å². The number of carbonyl (C=O) groups excluding carboxylic acids is 2. The van der Waals surface area contributed by atoms with Gasteiger partial charge in [0.05, 0.1) is 22.9 Å². The molecule has 0 bridgehead atoms. The third-order valence-corrected chi connectivity index (χ3v) is 8.15. The summed E-state index contributed by atoms with van der Waals surface area (Å²) in [5.74, 6) is 1.31. The van der Waals surface area contributed by atoms with Crippen LogP contribution in [0.3, 0.4) is 0 Å². The zero-order valence-electron chi connectivity index (χ0n) is 19.3. The van der Waals surface area contributed by atoms with Crippen LogP contribution >= 0.6 is 22.9 Å². The lowest BCUT2D eigenvalue weighted by molar-refractivity contribution is -0.120. The lowest BCUT2D eigenvalue weighted by atomic mass is 9.94. The van der Waals surface area contributed by atoms with Crippen LogP contribution in [-0.4, -0.2) is 36.2 Å². The molecule has 1 aliphatic carbocycles. The number of ether oxygens (including phenoxy) is 3. The van der Waals surface area contributed by atoms with Crippen LogP contribution in [0.25, 0.3) is 0 Å². The monoisotopic (exact) mass is 525 g/mol. The Morgan fingerprint density at radius 1 is 1.25 bits per heavy atom. The number of anilines is 1. The molecule has 36 heavy (non-hydrogen) atoms. The van der Waals surface area contributed by atoms with Crippen LogP contribution < -0.4 is 20.1 Å². The van der Waals surface area contributed by atoms with E-state index in [-0.39, 0.29) is 24.6 Å². The van der Waals surface area contributed by atoms with E-state index in [4.69, 9.17) is 25.8 Å². The maximum Gasteiger partial charge on any atom is 0.236 e. The molecule has 8 nitrogen and oxygen atoms in total. The first kappa shape index (κ1) is 23.3. The van der Waals surface area contributed by atoms with E-state index < -0.39 is 11.5 Å². The Labute approximate surface area is 216 Å². The summed E-state index contributed by atoms with van der Waals surface area (Å²) in [6.45, 7) is 0.552. The molecule has 2 aromatic carbocycles. The van der Waals surface area contributed by atoms with Crippen LogP contribution in [0.5, 0.6) is 11.5 Å². The van der Waals surface area contributed by atoms with Gasteiger partial charge in [-0.05, 0) is 43.0 Å². The van der Waals surface area contributed by atoms with E-state index in [1.54, 1.807) is 6.20 Å². The van der Waals surface area contributed by atoms with Gasteiger partial charge in [-0.1, -0.05) is 47.2 Å². The number of rotatable bonds is 8. The molecule has 10 heteroatoms. The molecule has 1 aromatic heterocycles. The third-order valence-electron chi connectivity index (χ3n) is 6.85. The molecule has 0 spiro atoms. The van der Waals surface area contributed by atoms with Crippen LogP contribution in [0.4, 0.5) is 5.13 Å².